The molecule has 2 aromatic heterocycles. The summed E-state index contributed by atoms with van der Waals surface area (Å²) in [6.07, 6.45) is 1.76. The number of hydrogen-bond acceptors (Lipinski definition) is 3. The highest BCUT2D eigenvalue weighted by atomic mass is 79.9. The van der Waals surface area contributed by atoms with Crippen molar-refractivity contribution >= 4 is 15.9 Å². The molecule has 0 spiro atoms. The van der Waals surface area contributed by atoms with Crippen LogP contribution in [0.4, 0.5) is 0 Å². The molecule has 0 fully saturated rings. The first-order chi connectivity index (χ1) is 12.3. The van der Waals surface area contributed by atoms with Crippen molar-refractivity contribution in [2.75, 3.05) is 0 Å². The molecule has 25 heavy (non-hydrogen) atoms. The minimum Gasteiger partial charge on any atom is -0.253 e. The third-order valence-electron chi connectivity index (χ3n) is 3.83. The van der Waals surface area contributed by atoms with E-state index in [1.165, 1.54) is 0 Å². The molecule has 0 saturated heterocycles. The number of halogens is 1. The maximum atomic E-state index is 4.74. The van der Waals surface area contributed by atoms with Gasteiger partial charge in [0.2, 0.25) is 0 Å². The van der Waals surface area contributed by atoms with E-state index >= 15 is 0 Å². The number of pyridine rings is 1. The molecule has 0 saturated carbocycles. The largest absolute Gasteiger partial charge is 0.253 e. The molecule has 0 N–H and O–H groups in total. The van der Waals surface area contributed by atoms with Crippen LogP contribution in [0.15, 0.2) is 89.5 Å². The number of hydrogen-bond donors (Lipinski definition) is 0. The van der Waals surface area contributed by atoms with Gasteiger partial charge in [-0.15, -0.1) is 0 Å². The molecule has 0 atom stereocenters. The van der Waals surface area contributed by atoms with Crippen molar-refractivity contribution in [3.8, 4) is 34.0 Å². The number of aromatic nitrogens is 3. The van der Waals surface area contributed by atoms with Crippen LogP contribution in [-0.2, 0) is 0 Å². The van der Waals surface area contributed by atoms with Crippen LogP contribution in [0.5, 0.6) is 0 Å². The predicted octanol–water partition coefficient (Wildman–Crippen LogP) is 5.64. The normalized spacial score (nSPS) is 10.6. The van der Waals surface area contributed by atoms with Gasteiger partial charge in [0.15, 0.2) is 5.82 Å². The van der Waals surface area contributed by atoms with Crippen LogP contribution in [0.1, 0.15) is 0 Å². The van der Waals surface area contributed by atoms with Gasteiger partial charge in [0.05, 0.1) is 11.4 Å². The number of nitrogens with zero attached hydrogens (tertiary/aromatic N) is 3. The molecule has 4 heteroatoms. The lowest BCUT2D eigenvalue weighted by atomic mass is 10.1. The van der Waals surface area contributed by atoms with Gasteiger partial charge in [-0.05, 0) is 30.3 Å². The zero-order valence-corrected chi connectivity index (χ0v) is 14.9. The highest BCUT2D eigenvalue weighted by Crippen LogP contribution is 2.27. The highest BCUT2D eigenvalue weighted by Gasteiger charge is 2.10. The minimum absolute atomic E-state index is 0.625. The third-order valence-corrected chi connectivity index (χ3v) is 4.36. The monoisotopic (exact) mass is 387 g/mol. The maximum absolute atomic E-state index is 4.74. The average molecular weight is 388 g/mol. The molecule has 3 nitrogen and oxygen atoms in total. The van der Waals surface area contributed by atoms with Gasteiger partial charge in [0.25, 0.3) is 0 Å². The summed E-state index contributed by atoms with van der Waals surface area (Å²) >= 11 is 3.48. The van der Waals surface area contributed by atoms with Crippen molar-refractivity contribution in [2.24, 2.45) is 0 Å². The third kappa shape index (κ3) is 3.49. The molecule has 2 heterocycles. The fraction of sp³-hybridized carbons (Fsp3) is 0. The Hall–Kier alpha value is -2.85. The first kappa shape index (κ1) is 15.7. The van der Waals surface area contributed by atoms with E-state index in [1.807, 2.05) is 66.7 Å². The number of benzene rings is 2. The van der Waals surface area contributed by atoms with E-state index in [1.54, 1.807) is 6.20 Å². The Balaban J connectivity index is 1.90. The Bertz CT molecular complexity index is 927. The second kappa shape index (κ2) is 6.95. The fourth-order valence-electron chi connectivity index (χ4n) is 2.58. The van der Waals surface area contributed by atoms with Crippen LogP contribution in [0.25, 0.3) is 34.0 Å². The van der Waals surface area contributed by atoms with Crippen molar-refractivity contribution in [1.29, 1.82) is 0 Å². The van der Waals surface area contributed by atoms with Crippen LogP contribution in [0.2, 0.25) is 0 Å². The van der Waals surface area contributed by atoms with E-state index in [2.05, 4.69) is 33.0 Å². The van der Waals surface area contributed by atoms with Gasteiger partial charge in [-0.2, -0.15) is 0 Å². The van der Waals surface area contributed by atoms with Crippen molar-refractivity contribution in [3.05, 3.63) is 89.5 Å². The topological polar surface area (TPSA) is 38.7 Å². The first-order valence-corrected chi connectivity index (χ1v) is 8.71. The zero-order chi connectivity index (χ0) is 17.1. The summed E-state index contributed by atoms with van der Waals surface area (Å²) in [5, 5.41) is 0. The lowest BCUT2D eigenvalue weighted by Crippen LogP contribution is -1.97. The fourth-order valence-corrected chi connectivity index (χ4v) is 2.85. The molecule has 2 aromatic carbocycles. The lowest BCUT2D eigenvalue weighted by molar-refractivity contribution is 1.15. The molecule has 0 amide bonds. The second-order valence-corrected chi connectivity index (χ2v) is 6.47. The molecule has 0 radical (unpaired) electrons. The molecule has 120 valence electrons. The average Bonchev–Trinajstić information content (AvgIpc) is 2.69. The molecular weight excluding hydrogens is 374 g/mol. The molecular formula is C21H14BrN3. The van der Waals surface area contributed by atoms with Crippen LogP contribution in [0.3, 0.4) is 0 Å². The van der Waals surface area contributed by atoms with Crippen molar-refractivity contribution in [3.63, 3.8) is 0 Å². The number of rotatable bonds is 3. The minimum atomic E-state index is 0.625. The summed E-state index contributed by atoms with van der Waals surface area (Å²) in [6, 6.07) is 26.0. The first-order valence-electron chi connectivity index (χ1n) is 7.91. The lowest BCUT2D eigenvalue weighted by Gasteiger charge is -2.09. The molecule has 0 bridgehead atoms. The van der Waals surface area contributed by atoms with Crippen LogP contribution >= 0.6 is 15.9 Å². The smallest absolute Gasteiger partial charge is 0.179 e. The van der Waals surface area contributed by atoms with E-state index in [0.717, 1.165) is 32.7 Å². The summed E-state index contributed by atoms with van der Waals surface area (Å²) in [7, 11) is 0. The van der Waals surface area contributed by atoms with Crippen LogP contribution in [0, 0.1) is 0 Å². The molecule has 0 unspecified atom stereocenters. The van der Waals surface area contributed by atoms with Crippen molar-refractivity contribution in [1.82, 2.24) is 15.0 Å². The Morgan fingerprint density at radius 2 is 1.24 bits per heavy atom. The quantitative estimate of drug-likeness (QED) is 0.456. The Kier molecular flexibility index (Phi) is 4.36. The van der Waals surface area contributed by atoms with Gasteiger partial charge < -0.3 is 0 Å². The maximum Gasteiger partial charge on any atom is 0.179 e. The Morgan fingerprint density at radius 3 is 1.88 bits per heavy atom. The summed E-state index contributed by atoms with van der Waals surface area (Å²) in [5.41, 5.74) is 4.62. The van der Waals surface area contributed by atoms with Gasteiger partial charge in [-0.3, -0.25) is 4.98 Å². The molecule has 0 aliphatic heterocycles. The molecule has 0 aliphatic carbocycles. The standard InChI is InChI=1S/C21H14BrN3/c22-17-11-9-16(10-12-17)20-14-19(15-6-2-1-3-7-15)24-21(25-20)18-8-4-5-13-23-18/h1-14H. The highest BCUT2D eigenvalue weighted by molar-refractivity contribution is 9.10. The molecule has 4 aromatic rings. The van der Waals surface area contributed by atoms with Gasteiger partial charge >= 0.3 is 0 Å². The van der Waals surface area contributed by atoms with Gasteiger partial charge in [0.1, 0.15) is 5.69 Å². The van der Waals surface area contributed by atoms with Crippen molar-refractivity contribution < 1.29 is 0 Å². The Morgan fingerprint density at radius 1 is 0.600 bits per heavy atom. The predicted molar refractivity (Wildman–Crippen MR) is 104 cm³/mol. The Labute approximate surface area is 154 Å². The molecule has 4 rings (SSSR count). The van der Waals surface area contributed by atoms with E-state index in [9.17, 15) is 0 Å². The summed E-state index contributed by atoms with van der Waals surface area (Å²) in [5.74, 6) is 0.625. The van der Waals surface area contributed by atoms with Crippen molar-refractivity contribution in [2.45, 2.75) is 0 Å². The van der Waals surface area contributed by atoms with E-state index in [4.69, 9.17) is 9.97 Å². The van der Waals surface area contributed by atoms with E-state index < -0.39 is 0 Å². The SMILES string of the molecule is Brc1ccc(-c2cc(-c3ccccc3)nc(-c3ccccn3)n2)cc1. The van der Waals surface area contributed by atoms with Crippen LogP contribution in [-0.4, -0.2) is 15.0 Å². The second-order valence-electron chi connectivity index (χ2n) is 5.55. The van der Waals surface area contributed by atoms with E-state index in [0.29, 0.717) is 5.82 Å². The summed E-state index contributed by atoms with van der Waals surface area (Å²) in [6.45, 7) is 0. The molecule has 0 aliphatic rings. The van der Waals surface area contributed by atoms with Gasteiger partial charge in [-0.1, -0.05) is 64.5 Å². The zero-order valence-electron chi connectivity index (χ0n) is 13.3. The van der Waals surface area contributed by atoms with E-state index in [-0.39, 0.29) is 0 Å². The summed E-state index contributed by atoms with van der Waals surface area (Å²) < 4.78 is 1.04. The van der Waals surface area contributed by atoms with Gasteiger partial charge in [0, 0.05) is 21.8 Å². The van der Waals surface area contributed by atoms with Crippen LogP contribution < -0.4 is 0 Å². The van der Waals surface area contributed by atoms with Gasteiger partial charge in [-0.25, -0.2) is 9.97 Å². The summed E-state index contributed by atoms with van der Waals surface area (Å²) in [4.78, 5) is 13.9.